The molecule has 4 rings (SSSR count). The molecular weight excluding hydrogens is 286 g/mol. The molecule has 0 fully saturated rings. The van der Waals surface area contributed by atoms with Crippen molar-refractivity contribution < 1.29 is 26.5 Å². The summed E-state index contributed by atoms with van der Waals surface area (Å²) < 4.78 is 7.37. The SMILES string of the molecule is Oc1ccc2[n+](c1)Cc1ccccc1C2c1ccoc1.[Cl-]. The van der Waals surface area contributed by atoms with Crippen LogP contribution >= 0.6 is 0 Å². The summed E-state index contributed by atoms with van der Waals surface area (Å²) in [6.45, 7) is 0.786. The molecule has 1 aromatic carbocycles. The lowest BCUT2D eigenvalue weighted by atomic mass is 9.84. The smallest absolute Gasteiger partial charge is 0.211 e. The Morgan fingerprint density at radius 3 is 2.76 bits per heavy atom. The maximum atomic E-state index is 9.71. The van der Waals surface area contributed by atoms with E-state index in [4.69, 9.17) is 4.42 Å². The number of rotatable bonds is 1. The zero-order valence-corrected chi connectivity index (χ0v) is 12.0. The summed E-state index contributed by atoms with van der Waals surface area (Å²) in [4.78, 5) is 0. The molecule has 0 radical (unpaired) electrons. The first-order chi connectivity index (χ1) is 9.83. The minimum absolute atomic E-state index is 0. The van der Waals surface area contributed by atoms with Gasteiger partial charge >= 0.3 is 0 Å². The number of pyridine rings is 1. The zero-order chi connectivity index (χ0) is 13.5. The van der Waals surface area contributed by atoms with Crippen LogP contribution in [0.2, 0.25) is 0 Å². The summed E-state index contributed by atoms with van der Waals surface area (Å²) in [7, 11) is 0. The number of halogens is 1. The van der Waals surface area contributed by atoms with Crippen molar-refractivity contribution >= 4 is 0 Å². The molecule has 0 aliphatic carbocycles. The summed E-state index contributed by atoms with van der Waals surface area (Å²) >= 11 is 0. The highest BCUT2D eigenvalue weighted by molar-refractivity contribution is 5.43. The average Bonchev–Trinajstić information content (AvgIpc) is 2.98. The first-order valence-corrected chi connectivity index (χ1v) is 6.65. The molecule has 0 saturated heterocycles. The molecule has 3 heterocycles. The van der Waals surface area contributed by atoms with Crippen LogP contribution in [0.4, 0.5) is 0 Å². The highest BCUT2D eigenvalue weighted by atomic mass is 35.5. The number of hydrogen-bond acceptors (Lipinski definition) is 2. The van der Waals surface area contributed by atoms with E-state index in [1.165, 1.54) is 16.8 Å². The van der Waals surface area contributed by atoms with E-state index in [9.17, 15) is 5.11 Å². The molecule has 0 amide bonds. The van der Waals surface area contributed by atoms with Crippen molar-refractivity contribution in [2.24, 2.45) is 0 Å². The van der Waals surface area contributed by atoms with Gasteiger partial charge < -0.3 is 21.9 Å². The lowest BCUT2D eigenvalue weighted by molar-refractivity contribution is -0.698. The summed E-state index contributed by atoms with van der Waals surface area (Å²) in [6, 6.07) is 14.2. The van der Waals surface area contributed by atoms with E-state index in [1.54, 1.807) is 24.8 Å². The fraction of sp³-hybridized carbons (Fsp3) is 0.118. The Bertz CT molecular complexity index is 768. The van der Waals surface area contributed by atoms with E-state index in [0.29, 0.717) is 5.75 Å². The monoisotopic (exact) mass is 299 g/mol. The third kappa shape index (κ3) is 2.20. The van der Waals surface area contributed by atoms with Crippen LogP contribution < -0.4 is 17.0 Å². The Kier molecular flexibility index (Phi) is 3.43. The minimum Gasteiger partial charge on any atom is -1.00 e. The fourth-order valence-corrected chi connectivity index (χ4v) is 3.03. The Hall–Kier alpha value is -2.26. The van der Waals surface area contributed by atoms with Gasteiger partial charge in [-0.25, -0.2) is 0 Å². The molecule has 1 unspecified atom stereocenters. The molecule has 1 atom stereocenters. The van der Waals surface area contributed by atoms with Crippen LogP contribution in [-0.4, -0.2) is 5.11 Å². The number of furan rings is 1. The molecule has 1 aliphatic rings. The highest BCUT2D eigenvalue weighted by Crippen LogP contribution is 2.35. The largest absolute Gasteiger partial charge is 1.00 e. The van der Waals surface area contributed by atoms with Crippen LogP contribution in [0, 0.1) is 0 Å². The fourth-order valence-electron chi connectivity index (χ4n) is 3.03. The van der Waals surface area contributed by atoms with Crippen LogP contribution in [0.1, 0.15) is 28.3 Å². The van der Waals surface area contributed by atoms with Gasteiger partial charge in [-0.1, -0.05) is 24.3 Å². The number of aromatic hydroxyl groups is 1. The van der Waals surface area contributed by atoms with E-state index >= 15 is 0 Å². The number of hydrogen-bond donors (Lipinski definition) is 1. The van der Waals surface area contributed by atoms with Crippen LogP contribution in [0.5, 0.6) is 5.75 Å². The molecule has 1 aliphatic heterocycles. The normalized spacial score (nSPS) is 15.7. The van der Waals surface area contributed by atoms with E-state index < -0.39 is 0 Å². The Labute approximate surface area is 128 Å². The Morgan fingerprint density at radius 2 is 1.95 bits per heavy atom. The van der Waals surface area contributed by atoms with E-state index in [0.717, 1.165) is 12.1 Å². The number of aromatic nitrogens is 1. The second-order valence-electron chi connectivity index (χ2n) is 5.13. The Morgan fingerprint density at radius 1 is 1.10 bits per heavy atom. The van der Waals surface area contributed by atoms with E-state index in [2.05, 4.69) is 28.8 Å². The first-order valence-electron chi connectivity index (χ1n) is 6.65. The zero-order valence-electron chi connectivity index (χ0n) is 11.2. The molecule has 0 saturated carbocycles. The van der Waals surface area contributed by atoms with Gasteiger partial charge in [0.15, 0.2) is 18.0 Å². The summed E-state index contributed by atoms with van der Waals surface area (Å²) in [5, 5.41) is 9.71. The predicted molar refractivity (Wildman–Crippen MR) is 73.5 cm³/mol. The number of benzene rings is 1. The maximum Gasteiger partial charge on any atom is 0.211 e. The van der Waals surface area contributed by atoms with Gasteiger partial charge in [0.25, 0.3) is 0 Å². The average molecular weight is 300 g/mol. The van der Waals surface area contributed by atoms with Gasteiger partial charge in [0.2, 0.25) is 6.20 Å². The third-order valence-corrected chi connectivity index (χ3v) is 3.92. The second kappa shape index (κ2) is 5.26. The number of nitrogens with zero attached hydrogens (tertiary/aromatic N) is 1. The van der Waals surface area contributed by atoms with E-state index in [-0.39, 0.29) is 18.3 Å². The van der Waals surface area contributed by atoms with Gasteiger partial charge in [0.1, 0.15) is 0 Å². The molecular formula is C17H14ClNO2. The molecule has 21 heavy (non-hydrogen) atoms. The van der Waals surface area contributed by atoms with E-state index in [1.807, 2.05) is 12.1 Å². The van der Waals surface area contributed by atoms with Gasteiger partial charge in [0, 0.05) is 17.2 Å². The van der Waals surface area contributed by atoms with Crippen molar-refractivity contribution in [3.63, 3.8) is 0 Å². The summed E-state index contributed by atoms with van der Waals surface area (Å²) in [5.41, 5.74) is 4.89. The maximum absolute atomic E-state index is 9.71. The van der Waals surface area contributed by atoms with Gasteiger partial charge in [-0.3, -0.25) is 0 Å². The highest BCUT2D eigenvalue weighted by Gasteiger charge is 2.33. The molecule has 0 spiro atoms. The van der Waals surface area contributed by atoms with Crippen LogP contribution in [0.25, 0.3) is 0 Å². The van der Waals surface area contributed by atoms with Crippen LogP contribution in [0.3, 0.4) is 0 Å². The van der Waals surface area contributed by atoms with Crippen LogP contribution in [-0.2, 0) is 6.54 Å². The third-order valence-electron chi connectivity index (χ3n) is 3.92. The molecule has 3 aromatic rings. The standard InChI is InChI=1S/C17H13NO2.ClH/c19-14-5-6-16-17(13-7-8-20-11-13)15-4-2-1-3-12(15)9-18(16)10-14;/h1-8,10-11,17H,9H2;1H. The molecule has 3 nitrogen and oxygen atoms in total. The van der Waals surface area contributed by atoms with Gasteiger partial charge in [-0.05, 0) is 17.7 Å². The van der Waals surface area contributed by atoms with Gasteiger partial charge in [-0.2, -0.15) is 4.57 Å². The topological polar surface area (TPSA) is 37.2 Å². The molecule has 4 heteroatoms. The number of fused-ring (bicyclic) bond motifs is 2. The molecule has 2 aromatic heterocycles. The van der Waals surface area contributed by atoms with Gasteiger partial charge in [-0.15, -0.1) is 0 Å². The van der Waals surface area contributed by atoms with Crippen molar-refractivity contribution in [2.75, 3.05) is 0 Å². The van der Waals surface area contributed by atoms with Crippen molar-refractivity contribution in [1.29, 1.82) is 0 Å². The molecule has 1 N–H and O–H groups in total. The minimum atomic E-state index is 0. The van der Waals surface area contributed by atoms with Crippen molar-refractivity contribution in [3.8, 4) is 5.75 Å². The van der Waals surface area contributed by atoms with Crippen molar-refractivity contribution in [3.05, 3.63) is 83.6 Å². The lowest BCUT2D eigenvalue weighted by Gasteiger charge is -2.22. The lowest BCUT2D eigenvalue weighted by Crippen LogP contribution is -3.00. The van der Waals surface area contributed by atoms with Gasteiger partial charge in [0.05, 0.1) is 18.4 Å². The predicted octanol–water partition coefficient (Wildman–Crippen LogP) is -0.181. The Balaban J connectivity index is 0.00000132. The second-order valence-corrected chi connectivity index (χ2v) is 5.13. The first kappa shape index (κ1) is 13.7. The van der Waals surface area contributed by atoms with Crippen LogP contribution in [0.15, 0.2) is 65.6 Å². The summed E-state index contributed by atoms with van der Waals surface area (Å²) in [6.07, 6.45) is 5.29. The van der Waals surface area contributed by atoms with Crippen molar-refractivity contribution in [2.45, 2.75) is 12.5 Å². The summed E-state index contributed by atoms with van der Waals surface area (Å²) in [5.74, 6) is 0.443. The molecule has 0 bridgehead atoms. The van der Waals surface area contributed by atoms with Crippen molar-refractivity contribution in [1.82, 2.24) is 0 Å². The molecule has 106 valence electrons. The quantitative estimate of drug-likeness (QED) is 0.495.